The smallest absolute Gasteiger partial charge is 0.237 e. The van der Waals surface area contributed by atoms with Gasteiger partial charge in [0.2, 0.25) is 11.8 Å². The third kappa shape index (κ3) is 4.83. The zero-order valence-electron chi connectivity index (χ0n) is 12.8. The number of hydrogen-bond donors (Lipinski definition) is 1. The summed E-state index contributed by atoms with van der Waals surface area (Å²) in [6.45, 7) is 5.59. The average molecular weight is 324 g/mol. The van der Waals surface area contributed by atoms with Crippen LogP contribution in [0, 0.1) is 0 Å². The molecule has 1 amide bonds. The fraction of sp³-hybridized carbons (Fsp3) is 0.615. The van der Waals surface area contributed by atoms with Crippen LogP contribution in [0.3, 0.4) is 0 Å². The largest absolute Gasteiger partial charge is 0.356 e. The molecule has 0 saturated heterocycles. The van der Waals surface area contributed by atoms with Crippen molar-refractivity contribution in [3.8, 4) is 0 Å². The molecule has 22 heavy (non-hydrogen) atoms. The van der Waals surface area contributed by atoms with Crippen LogP contribution >= 0.6 is 11.8 Å². The third-order valence-corrected chi connectivity index (χ3v) is 3.89. The van der Waals surface area contributed by atoms with E-state index in [1.165, 1.54) is 11.8 Å². The van der Waals surface area contributed by atoms with Crippen molar-refractivity contribution in [3.05, 3.63) is 18.0 Å². The highest BCUT2D eigenvalue weighted by atomic mass is 32.2. The van der Waals surface area contributed by atoms with E-state index in [1.807, 2.05) is 11.5 Å². The first-order valence-corrected chi connectivity index (χ1v) is 8.30. The molecule has 120 valence electrons. The van der Waals surface area contributed by atoms with Gasteiger partial charge in [-0.05, 0) is 13.3 Å². The van der Waals surface area contributed by atoms with Crippen LogP contribution in [0.15, 0.2) is 16.0 Å². The average Bonchev–Trinajstić information content (AvgIpc) is 3.14. The number of nitrogens with zero attached hydrogens (tertiary/aromatic N) is 5. The summed E-state index contributed by atoms with van der Waals surface area (Å²) in [5.74, 6) is 1.30. The number of amides is 1. The van der Waals surface area contributed by atoms with Crippen molar-refractivity contribution in [2.75, 3.05) is 6.54 Å². The lowest BCUT2D eigenvalue weighted by molar-refractivity contribution is -0.120. The number of thioether (sulfide) groups is 1. The maximum Gasteiger partial charge on any atom is 0.237 e. The molecular weight excluding hydrogens is 304 g/mol. The molecule has 2 aromatic heterocycles. The second kappa shape index (κ2) is 8.52. The van der Waals surface area contributed by atoms with Crippen LogP contribution in [0.5, 0.6) is 0 Å². The summed E-state index contributed by atoms with van der Waals surface area (Å²) in [5, 5.41) is 15.3. The second-order valence-corrected chi connectivity index (χ2v) is 5.62. The molecule has 0 fully saturated rings. The molecule has 8 nitrogen and oxygen atoms in total. The Hall–Kier alpha value is -1.90. The second-order valence-electron chi connectivity index (χ2n) is 4.67. The van der Waals surface area contributed by atoms with Gasteiger partial charge in [-0.25, -0.2) is 0 Å². The van der Waals surface area contributed by atoms with Crippen LogP contribution < -0.4 is 5.32 Å². The Kier molecular flexibility index (Phi) is 6.38. The highest BCUT2D eigenvalue weighted by Gasteiger charge is 2.12. The lowest BCUT2D eigenvalue weighted by Crippen LogP contribution is -2.26. The van der Waals surface area contributed by atoms with Crippen molar-refractivity contribution >= 4 is 17.7 Å². The zero-order valence-corrected chi connectivity index (χ0v) is 13.6. The molecule has 0 radical (unpaired) electrons. The molecule has 0 bridgehead atoms. The van der Waals surface area contributed by atoms with E-state index in [-0.39, 0.29) is 12.3 Å². The van der Waals surface area contributed by atoms with Crippen LogP contribution in [-0.2, 0) is 23.5 Å². The minimum Gasteiger partial charge on any atom is -0.356 e. The van der Waals surface area contributed by atoms with E-state index >= 15 is 0 Å². The highest BCUT2D eigenvalue weighted by Crippen LogP contribution is 2.19. The highest BCUT2D eigenvalue weighted by molar-refractivity contribution is 7.98. The van der Waals surface area contributed by atoms with Gasteiger partial charge in [0.05, 0.1) is 12.2 Å². The van der Waals surface area contributed by atoms with Gasteiger partial charge in [-0.1, -0.05) is 30.3 Å². The summed E-state index contributed by atoms with van der Waals surface area (Å²) in [7, 11) is 0. The number of aryl methyl sites for hydroxylation is 1. The van der Waals surface area contributed by atoms with Crippen LogP contribution in [0.2, 0.25) is 0 Å². The monoisotopic (exact) mass is 324 g/mol. The Labute approximate surface area is 133 Å². The van der Waals surface area contributed by atoms with Crippen LogP contribution in [0.4, 0.5) is 0 Å². The molecule has 2 rings (SSSR count). The first kappa shape index (κ1) is 16.5. The maximum atomic E-state index is 11.7. The molecule has 0 spiro atoms. The summed E-state index contributed by atoms with van der Waals surface area (Å²) in [5.41, 5.74) is 0. The molecule has 0 aromatic carbocycles. The number of aromatic nitrogens is 5. The molecule has 0 aliphatic carbocycles. The van der Waals surface area contributed by atoms with Gasteiger partial charge in [0.1, 0.15) is 6.33 Å². The quantitative estimate of drug-likeness (QED) is 0.550. The van der Waals surface area contributed by atoms with E-state index < -0.39 is 0 Å². The van der Waals surface area contributed by atoms with Crippen LogP contribution in [-0.4, -0.2) is 37.4 Å². The van der Waals surface area contributed by atoms with E-state index in [4.69, 9.17) is 4.52 Å². The number of rotatable bonds is 9. The van der Waals surface area contributed by atoms with Gasteiger partial charge < -0.3 is 14.4 Å². The molecule has 0 unspecified atom stereocenters. The van der Waals surface area contributed by atoms with E-state index in [2.05, 4.69) is 32.6 Å². The van der Waals surface area contributed by atoms with Crippen molar-refractivity contribution in [3.63, 3.8) is 0 Å². The molecule has 1 N–H and O–H groups in total. The first-order valence-electron chi connectivity index (χ1n) is 7.31. The Balaban J connectivity index is 1.80. The van der Waals surface area contributed by atoms with Crippen molar-refractivity contribution in [1.29, 1.82) is 0 Å². The Morgan fingerprint density at radius 1 is 1.45 bits per heavy atom. The lowest BCUT2D eigenvalue weighted by Gasteiger charge is -2.00. The van der Waals surface area contributed by atoms with E-state index in [0.717, 1.165) is 24.5 Å². The molecule has 0 aliphatic rings. The van der Waals surface area contributed by atoms with Gasteiger partial charge in [0.25, 0.3) is 0 Å². The summed E-state index contributed by atoms with van der Waals surface area (Å²) in [6, 6.07) is 0. The molecule has 0 atom stereocenters. The number of nitrogens with one attached hydrogen (secondary N) is 1. The fourth-order valence-electron chi connectivity index (χ4n) is 1.73. The molecule has 2 aromatic rings. The Morgan fingerprint density at radius 3 is 3.09 bits per heavy atom. The van der Waals surface area contributed by atoms with Crippen molar-refractivity contribution in [2.24, 2.45) is 0 Å². The van der Waals surface area contributed by atoms with Crippen molar-refractivity contribution in [1.82, 2.24) is 30.2 Å². The predicted octanol–water partition coefficient (Wildman–Crippen LogP) is 1.43. The Bertz CT molecular complexity index is 597. The fourth-order valence-corrected chi connectivity index (χ4v) is 2.55. The van der Waals surface area contributed by atoms with E-state index in [1.54, 1.807) is 6.33 Å². The number of carbonyl (C=O) groups excluding carboxylic acids is 1. The lowest BCUT2D eigenvalue weighted by atomic mass is 10.3. The van der Waals surface area contributed by atoms with Crippen LogP contribution in [0.25, 0.3) is 0 Å². The summed E-state index contributed by atoms with van der Waals surface area (Å²) < 4.78 is 7.08. The van der Waals surface area contributed by atoms with Gasteiger partial charge >= 0.3 is 0 Å². The van der Waals surface area contributed by atoms with E-state index in [9.17, 15) is 4.79 Å². The molecule has 9 heteroatoms. The molecule has 0 saturated carbocycles. The Morgan fingerprint density at radius 2 is 2.32 bits per heavy atom. The van der Waals surface area contributed by atoms with Crippen molar-refractivity contribution < 1.29 is 9.32 Å². The van der Waals surface area contributed by atoms with E-state index in [0.29, 0.717) is 24.0 Å². The third-order valence-electron chi connectivity index (χ3n) is 2.93. The van der Waals surface area contributed by atoms with Gasteiger partial charge in [0, 0.05) is 13.1 Å². The van der Waals surface area contributed by atoms with Gasteiger partial charge in [-0.3, -0.25) is 4.79 Å². The minimum atomic E-state index is -0.0841. The van der Waals surface area contributed by atoms with Gasteiger partial charge in [-0.15, -0.1) is 10.2 Å². The minimum absolute atomic E-state index is 0.0841. The number of hydrogen-bond acceptors (Lipinski definition) is 7. The zero-order chi connectivity index (χ0) is 15.8. The SMILES string of the molecule is CCCCNC(=O)Cc1noc(CSc2nncn2CC)n1. The number of unbranched alkanes of at least 4 members (excludes halogenated alkanes) is 1. The molecule has 0 aliphatic heterocycles. The molecule has 2 heterocycles. The van der Waals surface area contributed by atoms with Gasteiger partial charge in [-0.2, -0.15) is 4.98 Å². The summed E-state index contributed by atoms with van der Waals surface area (Å²) in [4.78, 5) is 15.9. The van der Waals surface area contributed by atoms with Gasteiger partial charge in [0.15, 0.2) is 11.0 Å². The predicted molar refractivity (Wildman–Crippen MR) is 81.2 cm³/mol. The topological polar surface area (TPSA) is 98.7 Å². The van der Waals surface area contributed by atoms with Crippen LogP contribution in [0.1, 0.15) is 38.4 Å². The van der Waals surface area contributed by atoms with Crippen molar-refractivity contribution in [2.45, 2.75) is 50.6 Å². The first-order chi connectivity index (χ1) is 10.7. The summed E-state index contributed by atoms with van der Waals surface area (Å²) >= 11 is 1.47. The maximum absolute atomic E-state index is 11.7. The molecular formula is C13H20N6O2S. The summed E-state index contributed by atoms with van der Waals surface area (Å²) in [6.07, 6.45) is 3.84. The normalized spacial score (nSPS) is 10.8. The standard InChI is InChI=1S/C13H20N6O2S/c1-3-5-6-14-11(20)7-10-16-12(21-18-10)8-22-13-17-15-9-19(13)4-2/h9H,3-8H2,1-2H3,(H,14,20). The number of carbonyl (C=O) groups is 1.